The van der Waals surface area contributed by atoms with E-state index in [1.54, 1.807) is 0 Å². The normalized spacial score (nSPS) is 34.0. The summed E-state index contributed by atoms with van der Waals surface area (Å²) in [5.41, 5.74) is 0. The van der Waals surface area contributed by atoms with E-state index in [0.29, 0.717) is 41.5 Å². The summed E-state index contributed by atoms with van der Waals surface area (Å²) < 4.78 is 114. The fourth-order valence-corrected chi connectivity index (χ4v) is 63.5. The first-order chi connectivity index (χ1) is 37.6. The second-order valence-corrected chi connectivity index (χ2v) is 47.6. The topological polar surface area (TPSA) is 149 Å². The molecule has 0 amide bonds. The van der Waals surface area contributed by atoms with E-state index in [9.17, 15) is 5.11 Å². The molecule has 4 atom stereocenters. The Kier molecular flexibility index (Phi) is 13.7. The Morgan fingerprint density at radius 3 is 0.662 bits per heavy atom. The van der Waals surface area contributed by atoms with Gasteiger partial charge in [-0.2, -0.15) is 0 Å². The Hall–Kier alpha value is -4.67. The van der Waals surface area contributed by atoms with Gasteiger partial charge in [0, 0.05) is 48.1 Å². The van der Waals surface area contributed by atoms with Gasteiger partial charge in [0.25, 0.3) is 10.0 Å². The smallest absolute Gasteiger partial charge is 0.396 e. The second-order valence-electron chi connectivity index (χ2n) is 19.0. The van der Waals surface area contributed by atoms with E-state index < -0.39 is 89.0 Å². The molecule has 14 rings (SSSR count). The summed E-state index contributed by atoms with van der Waals surface area (Å²) in [6.45, 7) is 1.76. The van der Waals surface area contributed by atoms with E-state index in [4.69, 9.17) is 57.6 Å². The van der Waals surface area contributed by atoms with Gasteiger partial charge in [0.2, 0.25) is 0 Å². The van der Waals surface area contributed by atoms with Crippen molar-refractivity contribution in [1.29, 1.82) is 0 Å². The largest absolute Gasteiger partial charge is 0.515 e. The van der Waals surface area contributed by atoms with Crippen LogP contribution < -0.4 is 41.5 Å². The van der Waals surface area contributed by atoms with Gasteiger partial charge in [-0.1, -0.05) is 243 Å². The van der Waals surface area contributed by atoms with Crippen molar-refractivity contribution in [1.82, 2.24) is 0 Å². The summed E-state index contributed by atoms with van der Waals surface area (Å²) in [6.07, 6.45) is 0.264. The summed E-state index contributed by atoms with van der Waals surface area (Å²) in [4.78, 5) is 0. The van der Waals surface area contributed by atoms with Crippen molar-refractivity contribution in [2.24, 2.45) is 0 Å². The third-order valence-electron chi connectivity index (χ3n) is 13.7. The van der Waals surface area contributed by atoms with Crippen LogP contribution in [0.15, 0.2) is 243 Å². The molecule has 6 fully saturated rings. The fraction of sp³-hybridized carbons (Fsp3) is 0.0769. The first-order valence-electron chi connectivity index (χ1n) is 25.3. The molecule has 25 heteroatoms. The maximum absolute atomic E-state index is 10.9. The van der Waals surface area contributed by atoms with Crippen LogP contribution in [0.25, 0.3) is 0 Å². The maximum atomic E-state index is 10.9. The molecule has 8 bridgehead atoms. The lowest BCUT2D eigenvalue weighted by Crippen LogP contribution is -2.92. The number of rotatable bonds is 11. The Balaban J connectivity index is 1.30. The van der Waals surface area contributed by atoms with Crippen molar-refractivity contribution >= 4 is 130 Å². The van der Waals surface area contributed by atoms with E-state index >= 15 is 0 Å². The number of aliphatic hydroxyl groups excluding tert-OH is 1. The molecule has 6 aliphatic rings. The third kappa shape index (κ3) is 9.27. The minimum atomic E-state index is -5.05. The first kappa shape index (κ1) is 51.7. The van der Waals surface area contributed by atoms with Crippen molar-refractivity contribution < 1.29 is 62.7 Å². The summed E-state index contributed by atoms with van der Waals surface area (Å²) in [5.74, 6) is 0. The minimum absolute atomic E-state index is 0.186. The van der Waals surface area contributed by atoms with E-state index in [1.165, 1.54) is 0 Å². The summed E-state index contributed by atoms with van der Waals surface area (Å²) >= 11 is 0. The molecule has 0 aliphatic carbocycles. The van der Waals surface area contributed by atoms with Crippen LogP contribution in [0, 0.1) is 0 Å². The molecule has 6 saturated heterocycles. The maximum Gasteiger partial charge on any atom is 0.515 e. The molecule has 6 aliphatic heterocycles. The van der Waals surface area contributed by atoms with Crippen LogP contribution in [0.2, 0.25) is 12.6 Å². The van der Waals surface area contributed by atoms with Crippen LogP contribution in [0.3, 0.4) is 0 Å². The van der Waals surface area contributed by atoms with Crippen LogP contribution in [-0.2, 0) is 57.6 Å². The molecule has 8 aromatic carbocycles. The first-order valence-corrected chi connectivity index (χ1v) is 42.8. The lowest BCUT2D eigenvalue weighted by Gasteiger charge is -2.59. The molecule has 1 N–H and O–H groups in total. The zero-order valence-corrected chi connectivity index (χ0v) is 52.0. The van der Waals surface area contributed by atoms with Gasteiger partial charge in [0.15, 0.2) is 0 Å². The van der Waals surface area contributed by atoms with Crippen LogP contribution in [0.1, 0.15) is 6.42 Å². The van der Waals surface area contributed by atoms with Crippen molar-refractivity contribution in [3.63, 3.8) is 0 Å². The zero-order chi connectivity index (χ0) is 52.1. The zero-order valence-electron chi connectivity index (χ0n) is 41.6. The summed E-state index contributed by atoms with van der Waals surface area (Å²) in [7, 11) is -46.1. The van der Waals surface area contributed by atoms with Gasteiger partial charge < -0.3 is 62.7 Å². The van der Waals surface area contributed by atoms with E-state index in [1.807, 2.05) is 249 Å². The van der Waals surface area contributed by atoms with Crippen molar-refractivity contribution in [2.75, 3.05) is 6.61 Å². The molecular weight excluding hydrogens is 1150 g/mol. The molecule has 0 aromatic heterocycles. The van der Waals surface area contributed by atoms with Crippen LogP contribution >= 0.6 is 0 Å². The molecule has 6 heterocycles. The molecule has 0 saturated carbocycles. The Morgan fingerprint density at radius 1 is 0.273 bits per heavy atom. The van der Waals surface area contributed by atoms with Crippen molar-refractivity contribution in [3.8, 4) is 0 Å². The Labute approximate surface area is 458 Å². The lowest BCUT2D eigenvalue weighted by molar-refractivity contribution is 0.0290. The highest BCUT2D eigenvalue weighted by Crippen LogP contribution is 2.46. The minimum Gasteiger partial charge on any atom is -0.396 e. The Bertz CT molecular complexity index is 2990. The van der Waals surface area contributed by atoms with Gasteiger partial charge in [-0.05, 0) is 19.0 Å². The van der Waals surface area contributed by atoms with Gasteiger partial charge in [-0.25, -0.2) is 0 Å². The highest BCUT2D eigenvalue weighted by Gasteiger charge is 2.82. The molecule has 0 radical (unpaired) electrons. The molecule has 8 aromatic rings. The number of aliphatic hydroxyl groups is 1. The molecule has 15 nitrogen and oxygen atoms in total. The predicted molar refractivity (Wildman–Crippen MR) is 307 cm³/mol. The molecule has 77 heavy (non-hydrogen) atoms. The van der Waals surface area contributed by atoms with Gasteiger partial charge >= 0.3 is 79.0 Å². The standard InChI is InChI=1S/C52H52O15Si10/c1-69(44-26-43-53)56-72(47-31-14-4-15-32-47)62-74(49-35-18-6-19-36-49)58-70(45-27-10-2-11-28-45)54-68-55-71(46-29-12-3-13-30-46)60-76(66-74,51-39-22-8-23-40-51)64-73(57-69,48-33-16-5-17-34-48)65-77(61-71,52-41-24-9-25-42-52)67-75(59-70,63-72)50-37-20-7-21-38-50/h2-25,27-42,53H,26,43-44,68H2,1H3. The number of hydrogen-bond donors (Lipinski definition) is 1. The van der Waals surface area contributed by atoms with Gasteiger partial charge in [0.05, 0.1) is 0 Å². The van der Waals surface area contributed by atoms with E-state index in [-0.39, 0.29) is 19.1 Å². The summed E-state index contributed by atoms with van der Waals surface area (Å²) in [5, 5.41) is 15.1. The SMILES string of the molecule is C[Si]1(CCCO)O[Si]2(c3ccccc3)O[Si]3(c4ccccc4)O[Si]4(c5ccccc5)O[SiH2]O[Si]5(c6ccccc6)O[Si](c6ccccc6)(O[Si](c6ccccc6)(O1)O[Si](c1ccccc1)(O5)O[Si](c1ccccc1)(O4)O2)O3. The molecule has 4 unspecified atom stereocenters. The average molecular weight is 1200 g/mol. The lowest BCUT2D eigenvalue weighted by atomic mass is 10.4. The fourth-order valence-electron chi connectivity index (χ4n) is 10.2. The van der Waals surface area contributed by atoms with E-state index in [2.05, 4.69) is 0 Å². The highest BCUT2D eigenvalue weighted by atomic mass is 28.6. The molecular formula is C52H52O15Si10. The number of benzene rings is 8. The third-order valence-corrected chi connectivity index (χ3v) is 54.4. The van der Waals surface area contributed by atoms with E-state index in [0.717, 1.165) is 0 Å². The summed E-state index contributed by atoms with van der Waals surface area (Å²) in [6, 6.07) is 76.8. The number of fused-ring (bicyclic) bond motifs is 4. The molecule has 0 spiro atoms. The van der Waals surface area contributed by atoms with Gasteiger partial charge in [-0.3, -0.25) is 0 Å². The predicted octanol–water partition coefficient (Wildman–Crippen LogP) is 2.51. The Morgan fingerprint density at radius 2 is 0.455 bits per heavy atom. The van der Waals surface area contributed by atoms with Gasteiger partial charge in [0.1, 0.15) is 0 Å². The molecule has 390 valence electrons. The van der Waals surface area contributed by atoms with Crippen LogP contribution in [-0.4, -0.2) is 101 Å². The second kappa shape index (κ2) is 20.5. The van der Waals surface area contributed by atoms with Crippen LogP contribution in [0.5, 0.6) is 0 Å². The number of hydrogen-bond acceptors (Lipinski definition) is 15. The van der Waals surface area contributed by atoms with Crippen LogP contribution in [0.4, 0.5) is 0 Å². The monoisotopic (exact) mass is 1200 g/mol. The van der Waals surface area contributed by atoms with Crippen molar-refractivity contribution in [3.05, 3.63) is 243 Å². The highest BCUT2D eigenvalue weighted by molar-refractivity contribution is 7.12. The average Bonchev–Trinajstić information content (AvgIpc) is 3.56. The quantitative estimate of drug-likeness (QED) is 0.189. The van der Waals surface area contributed by atoms with Gasteiger partial charge in [-0.15, -0.1) is 0 Å². The van der Waals surface area contributed by atoms with Crippen molar-refractivity contribution in [2.45, 2.75) is 19.0 Å².